The van der Waals surface area contributed by atoms with Crippen LogP contribution in [0.25, 0.3) is 0 Å². The molecule has 1 aliphatic heterocycles. The van der Waals surface area contributed by atoms with E-state index in [4.69, 9.17) is 10.5 Å². The number of amides is 2. The number of fused-ring (bicyclic) bond motifs is 1. The zero-order valence-electron chi connectivity index (χ0n) is 11.3. The van der Waals surface area contributed by atoms with E-state index in [0.29, 0.717) is 23.4 Å². The number of anilines is 1. The van der Waals surface area contributed by atoms with Crippen LogP contribution in [-0.2, 0) is 11.3 Å². The van der Waals surface area contributed by atoms with E-state index in [0.717, 1.165) is 10.5 Å². The summed E-state index contributed by atoms with van der Waals surface area (Å²) < 4.78 is 5.46. The Bertz CT molecular complexity index is 698. The molecule has 5 heteroatoms. The fraction of sp³-hybridized carbons (Fsp3) is 0.125. The largest absolute Gasteiger partial charge is 0.399 e. The van der Waals surface area contributed by atoms with Gasteiger partial charge in [-0.2, -0.15) is 0 Å². The third-order valence-corrected chi connectivity index (χ3v) is 3.33. The maximum absolute atomic E-state index is 12.2. The van der Waals surface area contributed by atoms with E-state index in [-0.39, 0.29) is 18.5 Å². The molecule has 0 bridgehead atoms. The molecular weight excluding hydrogens is 268 g/mol. The van der Waals surface area contributed by atoms with E-state index in [1.165, 1.54) is 6.07 Å². The molecule has 0 spiro atoms. The van der Waals surface area contributed by atoms with Crippen LogP contribution >= 0.6 is 0 Å². The van der Waals surface area contributed by atoms with Gasteiger partial charge in [0, 0.05) is 5.69 Å². The van der Waals surface area contributed by atoms with Crippen LogP contribution in [0.2, 0.25) is 0 Å². The Kier molecular flexibility index (Phi) is 3.41. The van der Waals surface area contributed by atoms with Gasteiger partial charge < -0.3 is 10.5 Å². The lowest BCUT2D eigenvalue weighted by Gasteiger charge is -2.13. The number of nitrogens with two attached hydrogens (primary N) is 1. The monoisotopic (exact) mass is 282 g/mol. The number of rotatable bonds is 4. The molecule has 21 heavy (non-hydrogen) atoms. The molecule has 5 nitrogen and oxygen atoms in total. The van der Waals surface area contributed by atoms with Crippen LogP contribution in [0.3, 0.4) is 0 Å². The summed E-state index contributed by atoms with van der Waals surface area (Å²) in [5.74, 6) is -0.710. The average molecular weight is 282 g/mol. The quantitative estimate of drug-likeness (QED) is 0.688. The Labute approximate surface area is 121 Å². The Morgan fingerprint density at radius 2 is 1.67 bits per heavy atom. The van der Waals surface area contributed by atoms with Gasteiger partial charge in [-0.15, -0.1) is 0 Å². The third kappa shape index (κ3) is 2.51. The van der Waals surface area contributed by atoms with Crippen LogP contribution in [-0.4, -0.2) is 23.4 Å². The van der Waals surface area contributed by atoms with Crippen LogP contribution < -0.4 is 5.73 Å². The van der Waals surface area contributed by atoms with Crippen molar-refractivity contribution in [3.8, 4) is 0 Å². The summed E-state index contributed by atoms with van der Waals surface area (Å²) in [7, 11) is 0. The van der Waals surface area contributed by atoms with Gasteiger partial charge in [0.15, 0.2) is 0 Å². The lowest BCUT2D eigenvalue weighted by atomic mass is 10.1. The minimum absolute atomic E-state index is 0.0683. The third-order valence-electron chi connectivity index (χ3n) is 3.33. The molecule has 2 aromatic rings. The summed E-state index contributed by atoms with van der Waals surface area (Å²) in [5, 5.41) is 0. The van der Waals surface area contributed by atoms with Crippen molar-refractivity contribution < 1.29 is 14.3 Å². The zero-order valence-corrected chi connectivity index (χ0v) is 11.3. The highest BCUT2D eigenvalue weighted by Crippen LogP contribution is 2.24. The van der Waals surface area contributed by atoms with Crippen LogP contribution in [0.1, 0.15) is 26.3 Å². The second kappa shape index (κ2) is 5.38. The van der Waals surface area contributed by atoms with E-state index in [9.17, 15) is 9.59 Å². The number of hydrogen-bond acceptors (Lipinski definition) is 4. The molecule has 1 aliphatic rings. The standard InChI is InChI=1S/C16H14N2O3/c17-12-6-7-13-14(8-12)16(20)18(15(13)19)10-21-9-11-4-2-1-3-5-11/h1-8H,9-10,17H2. The molecule has 0 saturated heterocycles. The topological polar surface area (TPSA) is 72.6 Å². The van der Waals surface area contributed by atoms with Crippen molar-refractivity contribution in [3.63, 3.8) is 0 Å². The van der Waals surface area contributed by atoms with Crippen LogP contribution in [0, 0.1) is 0 Å². The summed E-state index contributed by atoms with van der Waals surface area (Å²) in [4.78, 5) is 25.4. The van der Waals surface area contributed by atoms with Gasteiger partial charge in [0.05, 0.1) is 17.7 Å². The Balaban J connectivity index is 1.68. The summed E-state index contributed by atoms with van der Waals surface area (Å²) >= 11 is 0. The molecule has 106 valence electrons. The second-order valence-corrected chi connectivity index (χ2v) is 4.81. The van der Waals surface area contributed by atoms with Crippen molar-refractivity contribution in [3.05, 3.63) is 65.2 Å². The number of benzene rings is 2. The van der Waals surface area contributed by atoms with E-state index in [1.807, 2.05) is 30.3 Å². The van der Waals surface area contributed by atoms with Crippen molar-refractivity contribution in [2.75, 3.05) is 12.5 Å². The van der Waals surface area contributed by atoms with Gasteiger partial charge in [-0.1, -0.05) is 30.3 Å². The summed E-state index contributed by atoms with van der Waals surface area (Å²) in [6.07, 6.45) is 0. The van der Waals surface area contributed by atoms with Crippen molar-refractivity contribution in [1.29, 1.82) is 0 Å². The first-order valence-electron chi connectivity index (χ1n) is 6.54. The number of ether oxygens (including phenoxy) is 1. The number of nitrogens with zero attached hydrogens (tertiary/aromatic N) is 1. The first kappa shape index (κ1) is 13.3. The van der Waals surface area contributed by atoms with E-state index < -0.39 is 0 Å². The molecule has 0 aromatic heterocycles. The molecular formula is C16H14N2O3. The predicted molar refractivity (Wildman–Crippen MR) is 77.5 cm³/mol. The fourth-order valence-electron chi connectivity index (χ4n) is 2.25. The van der Waals surface area contributed by atoms with Gasteiger partial charge >= 0.3 is 0 Å². The van der Waals surface area contributed by atoms with E-state index in [2.05, 4.69) is 0 Å². The lowest BCUT2D eigenvalue weighted by molar-refractivity contribution is 0.0205. The number of hydrogen-bond donors (Lipinski definition) is 1. The van der Waals surface area contributed by atoms with Crippen molar-refractivity contribution in [2.24, 2.45) is 0 Å². The lowest BCUT2D eigenvalue weighted by Crippen LogP contribution is -2.32. The zero-order chi connectivity index (χ0) is 14.8. The van der Waals surface area contributed by atoms with Crippen molar-refractivity contribution in [2.45, 2.75) is 6.61 Å². The molecule has 3 rings (SSSR count). The van der Waals surface area contributed by atoms with Crippen LogP contribution in [0.5, 0.6) is 0 Å². The van der Waals surface area contributed by atoms with Crippen molar-refractivity contribution in [1.82, 2.24) is 4.90 Å². The predicted octanol–water partition coefficient (Wildman–Crippen LogP) is 2.04. The van der Waals surface area contributed by atoms with Gasteiger partial charge in [-0.05, 0) is 23.8 Å². The maximum atomic E-state index is 12.2. The molecule has 1 heterocycles. The highest BCUT2D eigenvalue weighted by Gasteiger charge is 2.35. The molecule has 0 atom stereocenters. The second-order valence-electron chi connectivity index (χ2n) is 4.81. The molecule has 0 unspecified atom stereocenters. The van der Waals surface area contributed by atoms with Crippen LogP contribution in [0.4, 0.5) is 5.69 Å². The average Bonchev–Trinajstić information content (AvgIpc) is 2.73. The first-order valence-corrected chi connectivity index (χ1v) is 6.54. The number of carbonyl (C=O) groups is 2. The van der Waals surface area contributed by atoms with Gasteiger partial charge in [0.1, 0.15) is 6.73 Å². The van der Waals surface area contributed by atoms with Crippen molar-refractivity contribution >= 4 is 17.5 Å². The molecule has 0 fully saturated rings. The number of nitrogen functional groups attached to an aromatic ring is 1. The summed E-state index contributed by atoms with van der Waals surface area (Å²) in [5.41, 5.74) is 7.80. The highest BCUT2D eigenvalue weighted by atomic mass is 16.5. The molecule has 2 N–H and O–H groups in total. The summed E-state index contributed by atoms with van der Waals surface area (Å²) in [6.45, 7) is 0.275. The highest BCUT2D eigenvalue weighted by molar-refractivity contribution is 6.21. The van der Waals surface area contributed by atoms with Crippen LogP contribution in [0.15, 0.2) is 48.5 Å². The number of carbonyl (C=O) groups excluding carboxylic acids is 2. The van der Waals surface area contributed by atoms with E-state index >= 15 is 0 Å². The SMILES string of the molecule is Nc1ccc2c(c1)C(=O)N(COCc1ccccc1)C2=O. The van der Waals surface area contributed by atoms with Gasteiger partial charge in [-0.25, -0.2) is 4.90 Å². The maximum Gasteiger partial charge on any atom is 0.263 e. The molecule has 2 aromatic carbocycles. The molecule has 2 amide bonds. The minimum atomic E-state index is -0.365. The number of imide groups is 1. The summed E-state index contributed by atoms with van der Waals surface area (Å²) in [6, 6.07) is 14.3. The van der Waals surface area contributed by atoms with Gasteiger partial charge in [0.2, 0.25) is 0 Å². The Morgan fingerprint density at radius 3 is 2.43 bits per heavy atom. The van der Waals surface area contributed by atoms with Gasteiger partial charge in [-0.3, -0.25) is 9.59 Å². The normalized spacial score (nSPS) is 13.6. The van der Waals surface area contributed by atoms with Gasteiger partial charge in [0.25, 0.3) is 11.8 Å². The Morgan fingerprint density at radius 1 is 0.952 bits per heavy atom. The Hall–Kier alpha value is -2.66. The fourth-order valence-corrected chi connectivity index (χ4v) is 2.25. The molecule has 0 saturated carbocycles. The molecule has 0 radical (unpaired) electrons. The van der Waals surface area contributed by atoms with E-state index in [1.54, 1.807) is 12.1 Å². The molecule has 0 aliphatic carbocycles. The first-order chi connectivity index (χ1) is 10.2. The minimum Gasteiger partial charge on any atom is -0.399 e. The smallest absolute Gasteiger partial charge is 0.263 e.